The highest BCUT2D eigenvalue weighted by Crippen LogP contribution is 2.23. The van der Waals surface area contributed by atoms with Crippen LogP contribution in [0.15, 0.2) is 36.4 Å². The third kappa shape index (κ3) is 4.10. The number of anilines is 2. The van der Waals surface area contributed by atoms with Crippen LogP contribution in [0.1, 0.15) is 0 Å². The summed E-state index contributed by atoms with van der Waals surface area (Å²) in [5.41, 5.74) is 0.924. The molecule has 0 radical (unpaired) electrons. The fraction of sp³-hybridized carbons (Fsp3) is 0.167. The normalized spacial score (nSPS) is 12.3. The minimum atomic E-state index is -3.32. The van der Waals surface area contributed by atoms with Gasteiger partial charge in [-0.15, -0.1) is 0 Å². The van der Waals surface area contributed by atoms with Crippen molar-refractivity contribution >= 4 is 42.2 Å². The number of fused-ring (bicyclic) bond motifs is 1. The van der Waals surface area contributed by atoms with Crippen LogP contribution >= 0.6 is 0 Å². The van der Waals surface area contributed by atoms with Gasteiger partial charge in [-0.25, -0.2) is 16.8 Å². The fourth-order valence-electron chi connectivity index (χ4n) is 1.80. The van der Waals surface area contributed by atoms with E-state index in [0.29, 0.717) is 11.4 Å². The Labute approximate surface area is 117 Å². The van der Waals surface area contributed by atoms with Crippen LogP contribution in [-0.4, -0.2) is 29.3 Å². The first-order valence-corrected chi connectivity index (χ1v) is 9.40. The van der Waals surface area contributed by atoms with Gasteiger partial charge in [-0.1, -0.05) is 12.1 Å². The third-order valence-corrected chi connectivity index (χ3v) is 3.66. The summed E-state index contributed by atoms with van der Waals surface area (Å²) in [6.07, 6.45) is 2.16. The molecule has 0 saturated carbocycles. The van der Waals surface area contributed by atoms with E-state index in [1.54, 1.807) is 36.4 Å². The van der Waals surface area contributed by atoms with Crippen LogP contribution in [-0.2, 0) is 20.0 Å². The lowest BCUT2D eigenvalue weighted by Gasteiger charge is -2.08. The summed E-state index contributed by atoms with van der Waals surface area (Å²) in [5.74, 6) is 0. The van der Waals surface area contributed by atoms with Crippen LogP contribution in [0, 0.1) is 0 Å². The van der Waals surface area contributed by atoms with Gasteiger partial charge in [-0.3, -0.25) is 9.44 Å². The minimum Gasteiger partial charge on any atom is -0.284 e. The number of sulfonamides is 2. The molecule has 0 bridgehead atoms. The molecule has 0 heterocycles. The zero-order chi connectivity index (χ0) is 15.0. The molecule has 0 aliphatic heterocycles. The van der Waals surface area contributed by atoms with Crippen LogP contribution in [0.2, 0.25) is 0 Å². The highest BCUT2D eigenvalue weighted by molar-refractivity contribution is 7.92. The molecule has 0 spiro atoms. The largest absolute Gasteiger partial charge is 0.284 e. The van der Waals surface area contributed by atoms with Gasteiger partial charge in [0.15, 0.2) is 0 Å². The molecule has 0 atom stereocenters. The topological polar surface area (TPSA) is 92.3 Å². The number of benzene rings is 2. The highest BCUT2D eigenvalue weighted by Gasteiger charge is 2.05. The Kier molecular flexibility index (Phi) is 3.61. The van der Waals surface area contributed by atoms with Gasteiger partial charge in [-0.2, -0.15) is 0 Å². The molecule has 0 amide bonds. The first kappa shape index (κ1) is 14.6. The zero-order valence-electron chi connectivity index (χ0n) is 10.9. The molecule has 2 N–H and O–H groups in total. The lowest BCUT2D eigenvalue weighted by Crippen LogP contribution is -2.10. The third-order valence-electron chi connectivity index (χ3n) is 2.45. The summed E-state index contributed by atoms with van der Waals surface area (Å²) in [6, 6.07) is 10.0. The Morgan fingerprint density at radius 1 is 0.700 bits per heavy atom. The number of hydrogen-bond acceptors (Lipinski definition) is 4. The lowest BCUT2D eigenvalue weighted by molar-refractivity contribution is 0.605. The van der Waals surface area contributed by atoms with Gasteiger partial charge < -0.3 is 0 Å². The van der Waals surface area contributed by atoms with Gasteiger partial charge in [0.25, 0.3) is 0 Å². The fourth-order valence-corrected chi connectivity index (χ4v) is 2.91. The molecule has 6 nitrogen and oxygen atoms in total. The molecular weight excluding hydrogens is 300 g/mol. The summed E-state index contributed by atoms with van der Waals surface area (Å²) < 4.78 is 49.4. The Morgan fingerprint density at radius 3 is 1.35 bits per heavy atom. The first-order chi connectivity index (χ1) is 9.12. The van der Waals surface area contributed by atoms with Crippen molar-refractivity contribution in [1.29, 1.82) is 0 Å². The Balaban J connectivity index is 2.39. The molecule has 2 aromatic carbocycles. The number of rotatable bonds is 4. The maximum atomic E-state index is 11.2. The average Bonchev–Trinajstić information content (AvgIpc) is 2.25. The van der Waals surface area contributed by atoms with Crippen molar-refractivity contribution in [2.75, 3.05) is 22.0 Å². The van der Waals surface area contributed by atoms with E-state index in [1.165, 1.54) is 0 Å². The van der Waals surface area contributed by atoms with Crippen molar-refractivity contribution in [3.63, 3.8) is 0 Å². The Morgan fingerprint density at radius 2 is 1.05 bits per heavy atom. The van der Waals surface area contributed by atoms with Crippen molar-refractivity contribution in [3.05, 3.63) is 36.4 Å². The maximum Gasteiger partial charge on any atom is 0.229 e. The molecule has 0 aliphatic carbocycles. The second-order valence-electron chi connectivity index (χ2n) is 4.53. The maximum absolute atomic E-state index is 11.2. The van der Waals surface area contributed by atoms with E-state index in [0.717, 1.165) is 23.3 Å². The highest BCUT2D eigenvalue weighted by atomic mass is 32.2. The van der Waals surface area contributed by atoms with Crippen LogP contribution in [0.5, 0.6) is 0 Å². The summed E-state index contributed by atoms with van der Waals surface area (Å²) in [4.78, 5) is 0. The zero-order valence-corrected chi connectivity index (χ0v) is 12.5. The monoisotopic (exact) mass is 314 g/mol. The van der Waals surface area contributed by atoms with E-state index in [-0.39, 0.29) is 0 Å². The van der Waals surface area contributed by atoms with Gasteiger partial charge in [0.1, 0.15) is 0 Å². The van der Waals surface area contributed by atoms with Gasteiger partial charge in [0, 0.05) is 11.4 Å². The van der Waals surface area contributed by atoms with E-state index < -0.39 is 20.0 Å². The van der Waals surface area contributed by atoms with Gasteiger partial charge >= 0.3 is 0 Å². The van der Waals surface area contributed by atoms with E-state index >= 15 is 0 Å². The van der Waals surface area contributed by atoms with Crippen molar-refractivity contribution in [1.82, 2.24) is 0 Å². The predicted molar refractivity (Wildman–Crippen MR) is 80.9 cm³/mol. The van der Waals surface area contributed by atoms with E-state index in [2.05, 4.69) is 9.44 Å². The SMILES string of the molecule is CS(=O)(=O)Nc1ccc2cc(NS(C)(=O)=O)ccc2c1. The van der Waals surface area contributed by atoms with E-state index in [9.17, 15) is 16.8 Å². The van der Waals surface area contributed by atoms with Crippen molar-refractivity contribution < 1.29 is 16.8 Å². The molecule has 0 aliphatic rings. The minimum absolute atomic E-state index is 0.462. The van der Waals surface area contributed by atoms with E-state index in [4.69, 9.17) is 0 Å². The van der Waals surface area contributed by atoms with Gasteiger partial charge in [-0.05, 0) is 35.0 Å². The molecule has 8 heteroatoms. The molecule has 0 saturated heterocycles. The van der Waals surface area contributed by atoms with Crippen LogP contribution < -0.4 is 9.44 Å². The molecule has 2 aromatic rings. The summed E-state index contributed by atoms with van der Waals surface area (Å²) in [5, 5.41) is 1.61. The lowest BCUT2D eigenvalue weighted by atomic mass is 10.1. The average molecular weight is 314 g/mol. The molecule has 2 rings (SSSR count). The summed E-state index contributed by atoms with van der Waals surface area (Å²) in [7, 11) is -6.64. The van der Waals surface area contributed by atoms with E-state index in [1.807, 2.05) is 0 Å². The second-order valence-corrected chi connectivity index (χ2v) is 8.02. The standard InChI is InChI=1S/C12H14N2O4S2/c1-19(15,16)13-11-5-3-10-8-12(14-20(2,17)18)6-4-9(10)7-11/h3-8,13-14H,1-2H3. The first-order valence-electron chi connectivity index (χ1n) is 5.62. The molecule has 0 unspecified atom stereocenters. The summed E-state index contributed by atoms with van der Waals surface area (Å²) >= 11 is 0. The van der Waals surface area contributed by atoms with Crippen molar-refractivity contribution in [2.45, 2.75) is 0 Å². The van der Waals surface area contributed by atoms with Crippen molar-refractivity contribution in [3.8, 4) is 0 Å². The Bertz CT molecular complexity index is 785. The van der Waals surface area contributed by atoms with Gasteiger partial charge in [0.2, 0.25) is 20.0 Å². The van der Waals surface area contributed by atoms with Crippen LogP contribution in [0.4, 0.5) is 11.4 Å². The quantitative estimate of drug-likeness (QED) is 0.896. The molecule has 20 heavy (non-hydrogen) atoms. The molecular formula is C12H14N2O4S2. The molecule has 0 aromatic heterocycles. The van der Waals surface area contributed by atoms with Gasteiger partial charge in [0.05, 0.1) is 12.5 Å². The summed E-state index contributed by atoms with van der Waals surface area (Å²) in [6.45, 7) is 0. The second kappa shape index (κ2) is 4.95. The number of nitrogens with one attached hydrogen (secondary N) is 2. The predicted octanol–water partition coefficient (Wildman–Crippen LogP) is 1.58. The van der Waals surface area contributed by atoms with Crippen LogP contribution in [0.25, 0.3) is 10.8 Å². The Hall–Kier alpha value is -1.80. The van der Waals surface area contributed by atoms with Crippen molar-refractivity contribution in [2.24, 2.45) is 0 Å². The number of hydrogen-bond donors (Lipinski definition) is 2. The smallest absolute Gasteiger partial charge is 0.229 e. The van der Waals surface area contributed by atoms with Crippen LogP contribution in [0.3, 0.4) is 0 Å². The molecule has 0 fully saturated rings. The molecule has 108 valence electrons.